The summed E-state index contributed by atoms with van der Waals surface area (Å²) in [6.07, 6.45) is 6.34. The second kappa shape index (κ2) is 9.64. The van der Waals surface area contributed by atoms with E-state index in [2.05, 4.69) is 32.8 Å². The number of aryl methyl sites for hydroxylation is 1. The van der Waals surface area contributed by atoms with Gasteiger partial charge in [-0.15, -0.1) is 11.3 Å². The van der Waals surface area contributed by atoms with Crippen molar-refractivity contribution in [3.8, 4) is 0 Å². The lowest BCUT2D eigenvalue weighted by molar-refractivity contribution is -0.121. The number of carbonyl (C=O) groups is 1. The molecule has 6 heteroatoms. The lowest BCUT2D eigenvalue weighted by Crippen LogP contribution is -2.38. The van der Waals surface area contributed by atoms with Gasteiger partial charge in [-0.25, -0.2) is 4.98 Å². The predicted molar refractivity (Wildman–Crippen MR) is 103 cm³/mol. The number of aromatic nitrogens is 1. The largest absolute Gasteiger partial charge is 0.356 e. The Labute approximate surface area is 155 Å². The standard InChI is InChI=1S/C19H32N4OS/c1-2-19-22-17(14-25-19)13-23-9-6-16(7-10-23)12-21-18(24)4-3-15-5-8-20-11-15/h14-16,20H,2-13H2,1H3,(H,21,24). The Kier molecular flexibility index (Phi) is 7.25. The minimum atomic E-state index is 0.240. The van der Waals surface area contributed by atoms with Gasteiger partial charge >= 0.3 is 0 Å². The third-order valence-electron chi connectivity index (χ3n) is 5.52. The van der Waals surface area contributed by atoms with Gasteiger partial charge in [0.25, 0.3) is 0 Å². The Hall–Kier alpha value is -0.980. The van der Waals surface area contributed by atoms with Crippen molar-refractivity contribution in [2.24, 2.45) is 11.8 Å². The molecule has 25 heavy (non-hydrogen) atoms. The molecule has 0 saturated carbocycles. The molecule has 5 nitrogen and oxygen atoms in total. The minimum Gasteiger partial charge on any atom is -0.356 e. The van der Waals surface area contributed by atoms with Gasteiger partial charge in [0.15, 0.2) is 0 Å². The summed E-state index contributed by atoms with van der Waals surface area (Å²) >= 11 is 1.77. The Morgan fingerprint density at radius 1 is 1.36 bits per heavy atom. The van der Waals surface area contributed by atoms with Crippen LogP contribution in [0.5, 0.6) is 0 Å². The Balaban J connectivity index is 1.28. The molecule has 1 amide bonds. The zero-order valence-corrected chi connectivity index (χ0v) is 16.2. The second-order valence-corrected chi connectivity index (χ2v) is 8.45. The molecule has 1 aromatic rings. The van der Waals surface area contributed by atoms with Crippen LogP contribution < -0.4 is 10.6 Å². The molecule has 2 aliphatic rings. The molecule has 0 radical (unpaired) electrons. The van der Waals surface area contributed by atoms with Gasteiger partial charge in [-0.05, 0) is 70.1 Å². The van der Waals surface area contributed by atoms with Gasteiger partial charge in [0.1, 0.15) is 0 Å². The first kappa shape index (κ1) is 18.8. The summed E-state index contributed by atoms with van der Waals surface area (Å²) in [5, 5.41) is 9.97. The van der Waals surface area contributed by atoms with Crippen molar-refractivity contribution in [2.75, 3.05) is 32.7 Å². The van der Waals surface area contributed by atoms with Gasteiger partial charge in [-0.2, -0.15) is 0 Å². The molecule has 2 saturated heterocycles. The molecule has 0 spiro atoms. The van der Waals surface area contributed by atoms with Crippen LogP contribution >= 0.6 is 11.3 Å². The van der Waals surface area contributed by atoms with Crippen LogP contribution in [0.4, 0.5) is 0 Å². The number of hydrogen-bond donors (Lipinski definition) is 2. The van der Waals surface area contributed by atoms with Crippen molar-refractivity contribution in [3.05, 3.63) is 16.1 Å². The van der Waals surface area contributed by atoms with E-state index in [4.69, 9.17) is 0 Å². The normalized spacial score (nSPS) is 22.4. The summed E-state index contributed by atoms with van der Waals surface area (Å²) in [6.45, 7) is 8.43. The van der Waals surface area contributed by atoms with Crippen LogP contribution in [0.3, 0.4) is 0 Å². The first-order valence-corrected chi connectivity index (χ1v) is 10.7. The van der Waals surface area contributed by atoms with Crippen LogP contribution in [0, 0.1) is 11.8 Å². The van der Waals surface area contributed by atoms with Crippen molar-refractivity contribution in [1.29, 1.82) is 0 Å². The molecule has 140 valence electrons. The average Bonchev–Trinajstić information content (AvgIpc) is 3.31. The SMILES string of the molecule is CCc1nc(CN2CCC(CNC(=O)CCC3CCNC3)CC2)cs1. The Bertz CT molecular complexity index is 533. The molecule has 1 aromatic heterocycles. The molecule has 3 rings (SSSR count). The van der Waals surface area contributed by atoms with Gasteiger partial charge in [0, 0.05) is 24.9 Å². The van der Waals surface area contributed by atoms with Gasteiger partial charge in [0.2, 0.25) is 5.91 Å². The van der Waals surface area contributed by atoms with Gasteiger partial charge in [-0.3, -0.25) is 9.69 Å². The summed E-state index contributed by atoms with van der Waals surface area (Å²) in [6, 6.07) is 0. The molecule has 3 heterocycles. The molecule has 1 unspecified atom stereocenters. The van der Waals surface area contributed by atoms with E-state index >= 15 is 0 Å². The van der Waals surface area contributed by atoms with Crippen LogP contribution in [0.25, 0.3) is 0 Å². The molecule has 0 bridgehead atoms. The fourth-order valence-corrected chi connectivity index (χ4v) is 4.54. The van der Waals surface area contributed by atoms with E-state index < -0.39 is 0 Å². The molecule has 2 aliphatic heterocycles. The van der Waals surface area contributed by atoms with Crippen molar-refractivity contribution < 1.29 is 4.79 Å². The third kappa shape index (κ3) is 6.04. The highest BCUT2D eigenvalue weighted by molar-refractivity contribution is 7.09. The highest BCUT2D eigenvalue weighted by atomic mass is 32.1. The monoisotopic (exact) mass is 364 g/mol. The average molecular weight is 365 g/mol. The van der Waals surface area contributed by atoms with Crippen LogP contribution in [-0.2, 0) is 17.8 Å². The number of hydrogen-bond acceptors (Lipinski definition) is 5. The molecular formula is C19H32N4OS. The third-order valence-corrected chi connectivity index (χ3v) is 6.57. The number of nitrogens with zero attached hydrogens (tertiary/aromatic N) is 2. The number of piperidine rings is 1. The number of thiazole rings is 1. The number of nitrogens with one attached hydrogen (secondary N) is 2. The van der Waals surface area contributed by atoms with E-state index in [0.29, 0.717) is 18.3 Å². The second-order valence-electron chi connectivity index (χ2n) is 7.51. The number of carbonyl (C=O) groups excluding carboxylic acids is 1. The van der Waals surface area contributed by atoms with Crippen LogP contribution in [0.15, 0.2) is 5.38 Å². The molecular weight excluding hydrogens is 332 g/mol. The van der Waals surface area contributed by atoms with Gasteiger partial charge in [-0.1, -0.05) is 6.92 Å². The first-order valence-electron chi connectivity index (χ1n) is 9.86. The Morgan fingerprint density at radius 2 is 2.20 bits per heavy atom. The van der Waals surface area contributed by atoms with Crippen molar-refractivity contribution >= 4 is 17.2 Å². The van der Waals surface area contributed by atoms with E-state index in [1.54, 1.807) is 11.3 Å². The maximum absolute atomic E-state index is 12.0. The maximum atomic E-state index is 12.0. The van der Waals surface area contributed by atoms with Crippen molar-refractivity contribution in [1.82, 2.24) is 20.5 Å². The topological polar surface area (TPSA) is 57.3 Å². The van der Waals surface area contributed by atoms with Crippen LogP contribution in [-0.4, -0.2) is 48.5 Å². The number of likely N-dealkylation sites (tertiary alicyclic amines) is 1. The maximum Gasteiger partial charge on any atom is 0.220 e. The van der Waals surface area contributed by atoms with Gasteiger partial charge < -0.3 is 10.6 Å². The first-order chi connectivity index (χ1) is 12.2. The summed E-state index contributed by atoms with van der Waals surface area (Å²) in [4.78, 5) is 19.2. The van der Waals surface area contributed by atoms with Crippen LogP contribution in [0.2, 0.25) is 0 Å². The summed E-state index contributed by atoms with van der Waals surface area (Å²) in [5.41, 5.74) is 1.22. The number of amides is 1. The lowest BCUT2D eigenvalue weighted by atomic mass is 9.96. The van der Waals surface area contributed by atoms with Crippen molar-refractivity contribution in [3.63, 3.8) is 0 Å². The predicted octanol–water partition coefficient (Wildman–Crippen LogP) is 2.42. The highest BCUT2D eigenvalue weighted by Crippen LogP contribution is 2.20. The molecule has 0 aliphatic carbocycles. The smallest absolute Gasteiger partial charge is 0.220 e. The van der Waals surface area contributed by atoms with Gasteiger partial charge in [0.05, 0.1) is 10.7 Å². The summed E-state index contributed by atoms with van der Waals surface area (Å²) in [5.74, 6) is 1.58. The molecule has 2 N–H and O–H groups in total. The van der Waals surface area contributed by atoms with E-state index in [1.807, 2.05) is 0 Å². The number of rotatable bonds is 8. The fraction of sp³-hybridized carbons (Fsp3) is 0.789. The summed E-state index contributed by atoms with van der Waals surface area (Å²) in [7, 11) is 0. The lowest BCUT2D eigenvalue weighted by Gasteiger charge is -2.31. The summed E-state index contributed by atoms with van der Waals surface area (Å²) < 4.78 is 0. The van der Waals surface area contributed by atoms with E-state index in [9.17, 15) is 4.79 Å². The van der Waals surface area contributed by atoms with E-state index in [1.165, 1.54) is 30.0 Å². The van der Waals surface area contributed by atoms with E-state index in [0.717, 1.165) is 52.1 Å². The van der Waals surface area contributed by atoms with E-state index in [-0.39, 0.29) is 5.91 Å². The quantitative estimate of drug-likeness (QED) is 0.744. The van der Waals surface area contributed by atoms with Crippen LogP contribution in [0.1, 0.15) is 49.7 Å². The molecule has 2 fully saturated rings. The zero-order valence-electron chi connectivity index (χ0n) is 15.4. The fourth-order valence-electron chi connectivity index (χ4n) is 3.80. The minimum absolute atomic E-state index is 0.240. The highest BCUT2D eigenvalue weighted by Gasteiger charge is 2.21. The Morgan fingerprint density at radius 3 is 2.88 bits per heavy atom. The molecule has 0 aromatic carbocycles. The molecule has 1 atom stereocenters. The van der Waals surface area contributed by atoms with Crippen molar-refractivity contribution in [2.45, 2.75) is 52.0 Å². The zero-order chi connectivity index (χ0) is 17.5.